The molecule has 0 unspecified atom stereocenters. The second-order valence-corrected chi connectivity index (χ2v) is 11.4. The van der Waals surface area contributed by atoms with Crippen molar-refractivity contribution in [3.63, 3.8) is 0 Å². The van der Waals surface area contributed by atoms with Gasteiger partial charge in [0.2, 0.25) is 11.4 Å². The number of benzene rings is 2. The fourth-order valence-corrected chi connectivity index (χ4v) is 6.39. The molecule has 5 heterocycles. The number of pyridine rings is 1. The van der Waals surface area contributed by atoms with Gasteiger partial charge in [-0.15, -0.1) is 0 Å². The number of nitrogens with zero attached hydrogens (tertiary/aromatic N) is 5. The number of aromatic amines is 1. The van der Waals surface area contributed by atoms with E-state index in [4.69, 9.17) is 9.72 Å². The number of hydrogen-bond donors (Lipinski definition) is 2. The first-order valence-corrected chi connectivity index (χ1v) is 14.1. The van der Waals surface area contributed by atoms with Crippen LogP contribution < -0.4 is 20.4 Å². The molecule has 2 aliphatic rings. The number of imidazole rings is 1. The molecule has 2 N–H and O–H groups in total. The molecular formula is C31H33N7O3. The van der Waals surface area contributed by atoms with E-state index in [0.29, 0.717) is 28.0 Å². The molecular weight excluding hydrogens is 518 g/mol. The highest BCUT2D eigenvalue weighted by Gasteiger charge is 2.41. The minimum atomic E-state index is -0.454. The van der Waals surface area contributed by atoms with Crippen molar-refractivity contribution in [3.8, 4) is 5.75 Å². The van der Waals surface area contributed by atoms with Crippen LogP contribution in [0.4, 0.5) is 5.95 Å². The number of aromatic nitrogens is 4. The summed E-state index contributed by atoms with van der Waals surface area (Å²) in [5.41, 5.74) is 3.43. The van der Waals surface area contributed by atoms with Crippen molar-refractivity contribution in [1.29, 1.82) is 0 Å². The van der Waals surface area contributed by atoms with E-state index in [1.165, 1.54) is 12.8 Å². The molecule has 210 valence electrons. The maximum atomic E-state index is 13.9. The predicted octanol–water partition coefficient (Wildman–Crippen LogP) is 3.58. The van der Waals surface area contributed by atoms with E-state index in [9.17, 15) is 9.59 Å². The number of H-pyrrole nitrogens is 1. The third kappa shape index (κ3) is 4.39. The van der Waals surface area contributed by atoms with Crippen LogP contribution in [0.15, 0.2) is 59.5 Å². The van der Waals surface area contributed by atoms with Gasteiger partial charge in [0.15, 0.2) is 5.65 Å². The van der Waals surface area contributed by atoms with E-state index in [0.717, 1.165) is 54.9 Å². The van der Waals surface area contributed by atoms with Crippen molar-refractivity contribution < 1.29 is 9.53 Å². The summed E-state index contributed by atoms with van der Waals surface area (Å²) in [6, 6.07) is 15.2. The Morgan fingerprint density at radius 2 is 1.83 bits per heavy atom. The Hall–Kier alpha value is -4.44. The first kappa shape index (κ1) is 25.5. The number of nitrogens with one attached hydrogen (secondary N) is 2. The Morgan fingerprint density at radius 3 is 2.61 bits per heavy atom. The number of methoxy groups -OCH3 is 1. The first-order chi connectivity index (χ1) is 19.9. The van der Waals surface area contributed by atoms with Gasteiger partial charge in [-0.2, -0.15) is 4.98 Å². The zero-order valence-corrected chi connectivity index (χ0v) is 23.3. The Kier molecular flexibility index (Phi) is 6.15. The summed E-state index contributed by atoms with van der Waals surface area (Å²) >= 11 is 0. The van der Waals surface area contributed by atoms with Crippen molar-refractivity contribution in [2.75, 3.05) is 45.2 Å². The number of para-hydroxylation sites is 2. The maximum absolute atomic E-state index is 13.9. The third-order valence-corrected chi connectivity index (χ3v) is 8.91. The Labute approximate surface area is 237 Å². The molecule has 2 aliphatic heterocycles. The lowest BCUT2D eigenvalue weighted by molar-refractivity contribution is 0.0951. The quantitative estimate of drug-likeness (QED) is 0.344. The Balaban J connectivity index is 1.29. The molecule has 0 bridgehead atoms. The lowest BCUT2D eigenvalue weighted by Crippen LogP contribution is -2.39. The number of amides is 1. The molecule has 10 nitrogen and oxygen atoms in total. The smallest absolute Gasteiger partial charge is 0.259 e. The number of carbonyl (C=O) groups is 1. The largest absolute Gasteiger partial charge is 0.497 e. The number of hydrogen-bond acceptors (Lipinski definition) is 7. The van der Waals surface area contributed by atoms with Gasteiger partial charge < -0.3 is 24.8 Å². The lowest BCUT2D eigenvalue weighted by atomic mass is 9.78. The van der Waals surface area contributed by atoms with Gasteiger partial charge in [0.1, 0.15) is 17.0 Å². The van der Waals surface area contributed by atoms with Gasteiger partial charge in [-0.3, -0.25) is 14.0 Å². The van der Waals surface area contributed by atoms with Gasteiger partial charge in [-0.25, -0.2) is 4.98 Å². The molecule has 10 heteroatoms. The number of carbonyl (C=O) groups excluding carboxylic acids is 1. The van der Waals surface area contributed by atoms with Gasteiger partial charge in [-0.1, -0.05) is 24.3 Å². The van der Waals surface area contributed by atoms with Crippen molar-refractivity contribution in [3.05, 3.63) is 76.1 Å². The number of piperidine rings is 1. The summed E-state index contributed by atoms with van der Waals surface area (Å²) in [5, 5.41) is 3.24. The number of fused-ring (bicyclic) bond motifs is 5. The minimum absolute atomic E-state index is 0.0463. The van der Waals surface area contributed by atoms with Gasteiger partial charge in [0.05, 0.1) is 23.5 Å². The second-order valence-electron chi connectivity index (χ2n) is 11.4. The van der Waals surface area contributed by atoms with Crippen LogP contribution >= 0.6 is 0 Å². The van der Waals surface area contributed by atoms with E-state index >= 15 is 0 Å². The average Bonchev–Trinajstić information content (AvgIpc) is 3.60. The van der Waals surface area contributed by atoms with Crippen molar-refractivity contribution in [2.24, 2.45) is 5.41 Å². The summed E-state index contributed by atoms with van der Waals surface area (Å²) in [5.74, 6) is 0.913. The fraction of sp³-hybridized carbons (Fsp3) is 0.355. The van der Waals surface area contributed by atoms with Crippen LogP contribution in [0.25, 0.3) is 27.7 Å². The van der Waals surface area contributed by atoms with E-state index in [1.54, 1.807) is 13.3 Å². The summed E-state index contributed by atoms with van der Waals surface area (Å²) in [4.78, 5) is 45.0. The Bertz CT molecular complexity index is 1830. The van der Waals surface area contributed by atoms with Crippen LogP contribution in [0, 0.1) is 5.41 Å². The topological polar surface area (TPSA) is 108 Å². The van der Waals surface area contributed by atoms with E-state index in [-0.39, 0.29) is 12.1 Å². The zero-order valence-electron chi connectivity index (χ0n) is 23.3. The molecule has 2 fully saturated rings. The molecule has 0 saturated carbocycles. The highest BCUT2D eigenvalue weighted by Crippen LogP contribution is 2.41. The fourth-order valence-electron chi connectivity index (χ4n) is 6.39. The Morgan fingerprint density at radius 1 is 1.07 bits per heavy atom. The zero-order chi connectivity index (χ0) is 28.1. The van der Waals surface area contributed by atoms with Gasteiger partial charge in [0.25, 0.3) is 5.91 Å². The summed E-state index contributed by atoms with van der Waals surface area (Å²) in [6.07, 6.45) is 5.07. The number of ether oxygens (including phenoxy) is 1. The highest BCUT2D eigenvalue weighted by atomic mass is 16.5. The predicted molar refractivity (Wildman–Crippen MR) is 159 cm³/mol. The molecule has 1 amide bonds. The first-order valence-electron chi connectivity index (χ1n) is 14.1. The number of rotatable bonds is 5. The second kappa shape index (κ2) is 9.88. The third-order valence-electron chi connectivity index (χ3n) is 8.91. The molecule has 5 aromatic rings. The van der Waals surface area contributed by atoms with Gasteiger partial charge in [-0.05, 0) is 74.6 Å². The summed E-state index contributed by atoms with van der Waals surface area (Å²) in [6.45, 7) is 4.31. The molecule has 2 aromatic carbocycles. The van der Waals surface area contributed by atoms with Crippen LogP contribution in [0.1, 0.15) is 35.2 Å². The monoisotopic (exact) mass is 551 g/mol. The highest BCUT2D eigenvalue weighted by molar-refractivity contribution is 6.05. The van der Waals surface area contributed by atoms with Crippen molar-refractivity contribution in [1.82, 2.24) is 29.6 Å². The SMILES string of the molecule is COc1ccc(CNC(=O)c2c(=O)c3cnc(N4CCC5(CCN(C)CC5)C4)nc3n3c2[nH]c2ccccc23)cc1. The number of likely N-dealkylation sites (tertiary alicyclic amines) is 1. The van der Waals surface area contributed by atoms with Crippen LogP contribution in [-0.4, -0.2) is 70.5 Å². The maximum Gasteiger partial charge on any atom is 0.259 e. The van der Waals surface area contributed by atoms with Crippen molar-refractivity contribution >= 4 is 39.6 Å². The van der Waals surface area contributed by atoms with Crippen LogP contribution in [0.5, 0.6) is 5.75 Å². The molecule has 0 radical (unpaired) electrons. The normalized spacial score (nSPS) is 17.2. The van der Waals surface area contributed by atoms with E-state index in [2.05, 4.69) is 32.1 Å². The molecule has 3 aromatic heterocycles. The summed E-state index contributed by atoms with van der Waals surface area (Å²) in [7, 11) is 3.79. The van der Waals surface area contributed by atoms with Gasteiger partial charge >= 0.3 is 0 Å². The van der Waals surface area contributed by atoms with Crippen LogP contribution in [-0.2, 0) is 6.54 Å². The van der Waals surface area contributed by atoms with Crippen LogP contribution in [0.2, 0.25) is 0 Å². The lowest BCUT2D eigenvalue weighted by Gasteiger charge is -2.37. The standard InChI is InChI=1S/C31H33N7O3/c1-36-14-11-31(12-15-36)13-16-37(19-31)30-33-18-22-26(39)25(29(40)32-17-20-7-9-21(41-2)10-8-20)28-34-23-5-3-4-6-24(23)38(28)27(22)35-30/h3-10,18,34H,11-17,19H2,1-2H3,(H,32,40). The molecule has 41 heavy (non-hydrogen) atoms. The van der Waals surface area contributed by atoms with E-state index in [1.807, 2.05) is 52.9 Å². The number of anilines is 1. The van der Waals surface area contributed by atoms with E-state index < -0.39 is 11.3 Å². The van der Waals surface area contributed by atoms with Crippen LogP contribution in [0.3, 0.4) is 0 Å². The van der Waals surface area contributed by atoms with Crippen molar-refractivity contribution in [2.45, 2.75) is 25.8 Å². The molecule has 0 atom stereocenters. The minimum Gasteiger partial charge on any atom is -0.497 e. The molecule has 0 aliphatic carbocycles. The molecule has 1 spiro atoms. The molecule has 2 saturated heterocycles. The average molecular weight is 552 g/mol. The van der Waals surface area contributed by atoms with Gasteiger partial charge in [0, 0.05) is 25.8 Å². The summed E-state index contributed by atoms with van der Waals surface area (Å²) < 4.78 is 7.11. The molecule has 7 rings (SSSR count).